The fourth-order valence-corrected chi connectivity index (χ4v) is 3.25. The van der Waals surface area contributed by atoms with Gasteiger partial charge in [-0.2, -0.15) is 0 Å². The van der Waals surface area contributed by atoms with Crippen LogP contribution in [0, 0.1) is 0 Å². The Bertz CT molecular complexity index is 731. The molecule has 1 aromatic carbocycles. The lowest BCUT2D eigenvalue weighted by molar-refractivity contribution is -0.113. The van der Waals surface area contributed by atoms with E-state index in [0.29, 0.717) is 16.7 Å². The molecule has 0 aliphatic carbocycles. The molecule has 5 heteroatoms. The molecule has 1 amide bonds. The molecule has 0 unspecified atom stereocenters. The summed E-state index contributed by atoms with van der Waals surface area (Å²) in [5.74, 6) is 0.346. The number of carbonyl (C=O) groups excluding carboxylic acids is 1. The van der Waals surface area contributed by atoms with Crippen molar-refractivity contribution in [3.8, 4) is 0 Å². The van der Waals surface area contributed by atoms with Crippen molar-refractivity contribution < 1.29 is 4.79 Å². The molecule has 0 spiro atoms. The average molecular weight is 328 g/mol. The Labute approximate surface area is 139 Å². The van der Waals surface area contributed by atoms with Crippen LogP contribution >= 0.6 is 23.6 Å². The Kier molecular flexibility index (Phi) is 4.09. The largest absolute Gasteiger partial charge is 0.327 e. The summed E-state index contributed by atoms with van der Waals surface area (Å²) < 4.78 is 0. The molecule has 1 aliphatic rings. The molecule has 0 atom stereocenters. The van der Waals surface area contributed by atoms with Gasteiger partial charge in [-0.15, -0.1) is 11.3 Å². The van der Waals surface area contributed by atoms with Gasteiger partial charge < -0.3 is 5.32 Å². The molecular formula is C17H16N2OS2. The van der Waals surface area contributed by atoms with Gasteiger partial charge in [0.25, 0.3) is 5.91 Å². The number of benzene rings is 1. The lowest BCUT2D eigenvalue weighted by atomic mass is 10.0. The monoisotopic (exact) mass is 328 g/mol. The van der Waals surface area contributed by atoms with Crippen LogP contribution in [-0.4, -0.2) is 11.0 Å². The van der Waals surface area contributed by atoms with Crippen molar-refractivity contribution in [3.05, 3.63) is 57.9 Å². The zero-order valence-corrected chi connectivity index (χ0v) is 14.0. The maximum Gasteiger partial charge on any atom is 0.281 e. The molecule has 0 saturated carbocycles. The van der Waals surface area contributed by atoms with Gasteiger partial charge in [0.15, 0.2) is 5.11 Å². The first-order valence-electron chi connectivity index (χ1n) is 7.07. The highest BCUT2D eigenvalue weighted by molar-refractivity contribution is 7.80. The molecule has 112 valence electrons. The molecule has 1 aliphatic heterocycles. The van der Waals surface area contributed by atoms with Crippen LogP contribution in [0.2, 0.25) is 0 Å². The fraction of sp³-hybridized carbons (Fsp3) is 0.176. The number of anilines is 1. The topological polar surface area (TPSA) is 32.3 Å². The summed E-state index contributed by atoms with van der Waals surface area (Å²) in [4.78, 5) is 15.1. The smallest absolute Gasteiger partial charge is 0.281 e. The van der Waals surface area contributed by atoms with Gasteiger partial charge in [0, 0.05) is 4.88 Å². The lowest BCUT2D eigenvalue weighted by Crippen LogP contribution is -2.30. The SMILES string of the molecule is CC(C)c1ccc(N2C(=O)/C(=C\c3cccs3)NC2=S)cc1. The quantitative estimate of drug-likeness (QED) is 0.679. The highest BCUT2D eigenvalue weighted by Gasteiger charge is 2.31. The van der Waals surface area contributed by atoms with Crippen LogP contribution in [0.3, 0.4) is 0 Å². The van der Waals surface area contributed by atoms with Crippen LogP contribution in [0.25, 0.3) is 6.08 Å². The van der Waals surface area contributed by atoms with E-state index < -0.39 is 0 Å². The lowest BCUT2D eigenvalue weighted by Gasteiger charge is -2.15. The van der Waals surface area contributed by atoms with Gasteiger partial charge in [-0.3, -0.25) is 9.69 Å². The summed E-state index contributed by atoms with van der Waals surface area (Å²) in [6.45, 7) is 4.29. The van der Waals surface area contributed by atoms with Crippen LogP contribution < -0.4 is 10.2 Å². The molecule has 2 heterocycles. The maximum absolute atomic E-state index is 12.6. The second-order valence-corrected chi connectivity index (χ2v) is 6.76. The van der Waals surface area contributed by atoms with E-state index in [1.54, 1.807) is 16.2 Å². The Morgan fingerprint density at radius 1 is 1.23 bits per heavy atom. The second-order valence-electron chi connectivity index (χ2n) is 5.39. The number of rotatable bonds is 3. The normalized spacial score (nSPS) is 16.7. The van der Waals surface area contributed by atoms with Crippen LogP contribution in [0.1, 0.15) is 30.2 Å². The summed E-state index contributed by atoms with van der Waals surface area (Å²) >= 11 is 6.90. The predicted octanol–water partition coefficient (Wildman–Crippen LogP) is 4.13. The zero-order chi connectivity index (χ0) is 15.7. The van der Waals surface area contributed by atoms with Crippen LogP contribution in [0.15, 0.2) is 47.5 Å². The number of hydrogen-bond donors (Lipinski definition) is 1. The number of thiophene rings is 1. The van der Waals surface area contributed by atoms with Crippen LogP contribution in [0.5, 0.6) is 0 Å². The van der Waals surface area contributed by atoms with Crippen molar-refractivity contribution >= 4 is 46.3 Å². The first kappa shape index (κ1) is 14.9. The molecule has 1 N–H and O–H groups in total. The highest BCUT2D eigenvalue weighted by atomic mass is 32.1. The average Bonchev–Trinajstić information content (AvgIpc) is 3.09. The second kappa shape index (κ2) is 6.02. The van der Waals surface area contributed by atoms with Gasteiger partial charge in [0.1, 0.15) is 5.70 Å². The number of nitrogens with one attached hydrogen (secondary N) is 1. The summed E-state index contributed by atoms with van der Waals surface area (Å²) in [7, 11) is 0. The minimum absolute atomic E-state index is 0.115. The van der Waals surface area contributed by atoms with E-state index in [-0.39, 0.29) is 5.91 Å². The van der Waals surface area contributed by atoms with Crippen molar-refractivity contribution in [1.82, 2.24) is 5.32 Å². The van der Waals surface area contributed by atoms with E-state index in [1.165, 1.54) is 5.56 Å². The summed E-state index contributed by atoms with van der Waals surface area (Å²) in [6.07, 6.45) is 1.84. The molecule has 1 fully saturated rings. The fourth-order valence-electron chi connectivity index (χ4n) is 2.29. The van der Waals surface area contributed by atoms with E-state index in [0.717, 1.165) is 10.6 Å². The molecule has 1 aromatic heterocycles. The molecule has 1 saturated heterocycles. The molecule has 3 nitrogen and oxygen atoms in total. The van der Waals surface area contributed by atoms with E-state index in [1.807, 2.05) is 47.9 Å². The van der Waals surface area contributed by atoms with Crippen molar-refractivity contribution in [2.45, 2.75) is 19.8 Å². The zero-order valence-electron chi connectivity index (χ0n) is 12.4. The van der Waals surface area contributed by atoms with Gasteiger partial charge >= 0.3 is 0 Å². The number of hydrogen-bond acceptors (Lipinski definition) is 3. The van der Waals surface area contributed by atoms with Crippen LogP contribution in [0.4, 0.5) is 5.69 Å². The predicted molar refractivity (Wildman–Crippen MR) is 96.0 cm³/mol. The highest BCUT2D eigenvalue weighted by Crippen LogP contribution is 2.25. The van der Waals surface area contributed by atoms with Crippen molar-refractivity contribution in [2.75, 3.05) is 4.90 Å². The standard InChI is InChI=1S/C17H16N2OS2/c1-11(2)12-5-7-13(8-6-12)19-16(20)15(18-17(19)21)10-14-4-3-9-22-14/h3-11H,1-2H3,(H,18,21)/b15-10+. The third kappa shape index (κ3) is 2.82. The molecule has 0 bridgehead atoms. The maximum atomic E-state index is 12.6. The van der Waals surface area contributed by atoms with E-state index >= 15 is 0 Å². The summed E-state index contributed by atoms with van der Waals surface area (Å²) in [6, 6.07) is 11.9. The number of nitrogens with zero attached hydrogens (tertiary/aromatic N) is 1. The van der Waals surface area contributed by atoms with Gasteiger partial charge in [-0.05, 0) is 53.4 Å². The number of thiocarbonyl (C=S) groups is 1. The van der Waals surface area contributed by atoms with Crippen molar-refractivity contribution in [2.24, 2.45) is 0 Å². The van der Waals surface area contributed by atoms with Crippen molar-refractivity contribution in [3.63, 3.8) is 0 Å². The molecule has 2 aromatic rings. The van der Waals surface area contributed by atoms with Crippen molar-refractivity contribution in [1.29, 1.82) is 0 Å². The third-order valence-corrected chi connectivity index (χ3v) is 4.63. The van der Waals surface area contributed by atoms with Gasteiger partial charge in [0.2, 0.25) is 0 Å². The number of carbonyl (C=O) groups is 1. The Morgan fingerprint density at radius 2 is 1.95 bits per heavy atom. The van der Waals surface area contributed by atoms with E-state index in [4.69, 9.17) is 12.2 Å². The third-order valence-electron chi connectivity index (χ3n) is 3.53. The Hall–Kier alpha value is -1.98. The van der Waals surface area contributed by atoms with Gasteiger partial charge in [0.05, 0.1) is 5.69 Å². The van der Waals surface area contributed by atoms with Crippen LogP contribution in [-0.2, 0) is 4.79 Å². The van der Waals surface area contributed by atoms with Gasteiger partial charge in [-0.25, -0.2) is 0 Å². The van der Waals surface area contributed by atoms with Gasteiger partial charge in [-0.1, -0.05) is 32.0 Å². The summed E-state index contributed by atoms with van der Waals surface area (Å²) in [5.41, 5.74) is 2.55. The molecule has 3 rings (SSSR count). The number of amides is 1. The molecular weight excluding hydrogens is 312 g/mol. The van der Waals surface area contributed by atoms with E-state index in [2.05, 4.69) is 19.2 Å². The first-order valence-corrected chi connectivity index (χ1v) is 8.35. The minimum atomic E-state index is -0.115. The minimum Gasteiger partial charge on any atom is -0.327 e. The summed E-state index contributed by atoms with van der Waals surface area (Å²) in [5, 5.41) is 5.40. The molecule has 0 radical (unpaired) electrons. The van der Waals surface area contributed by atoms with E-state index in [9.17, 15) is 4.79 Å². The first-order chi connectivity index (χ1) is 10.6. The Balaban J connectivity index is 1.88. The molecule has 22 heavy (non-hydrogen) atoms. The Morgan fingerprint density at radius 3 is 2.55 bits per heavy atom.